The molecule has 7 heteroatoms. The minimum Gasteiger partial charge on any atom is -0.478 e. The fraction of sp³-hybridized carbons (Fsp3) is 0.0952. The van der Waals surface area contributed by atoms with E-state index in [4.69, 9.17) is 9.84 Å². The Morgan fingerprint density at radius 2 is 1.89 bits per heavy atom. The van der Waals surface area contributed by atoms with Crippen molar-refractivity contribution in [2.75, 3.05) is 0 Å². The van der Waals surface area contributed by atoms with E-state index in [0.717, 1.165) is 17.8 Å². The highest BCUT2D eigenvalue weighted by molar-refractivity contribution is 5.96. The molecule has 1 aromatic heterocycles. The Morgan fingerprint density at radius 1 is 1.14 bits per heavy atom. The van der Waals surface area contributed by atoms with Crippen LogP contribution in [0.15, 0.2) is 60.8 Å². The van der Waals surface area contributed by atoms with E-state index < -0.39 is 17.7 Å². The van der Waals surface area contributed by atoms with Crippen LogP contribution in [0, 0.1) is 12.7 Å². The number of halogens is 1. The van der Waals surface area contributed by atoms with Gasteiger partial charge in [0.25, 0.3) is 5.91 Å². The Labute approximate surface area is 160 Å². The predicted molar refractivity (Wildman–Crippen MR) is 100 cm³/mol. The molecule has 1 amide bonds. The Kier molecular flexibility index (Phi) is 5.64. The maximum absolute atomic E-state index is 13.6. The van der Waals surface area contributed by atoms with Crippen LogP contribution in [-0.2, 0) is 6.54 Å². The smallest absolute Gasteiger partial charge is 0.335 e. The summed E-state index contributed by atoms with van der Waals surface area (Å²) >= 11 is 0. The van der Waals surface area contributed by atoms with Crippen LogP contribution in [-0.4, -0.2) is 22.0 Å². The number of hydrogen-bond acceptors (Lipinski definition) is 4. The van der Waals surface area contributed by atoms with Crippen LogP contribution >= 0.6 is 0 Å². The quantitative estimate of drug-likeness (QED) is 0.676. The number of carbonyl (C=O) groups is 2. The summed E-state index contributed by atoms with van der Waals surface area (Å²) in [7, 11) is 0. The van der Waals surface area contributed by atoms with Crippen LogP contribution in [0.1, 0.15) is 31.8 Å². The third-order valence-corrected chi connectivity index (χ3v) is 3.92. The van der Waals surface area contributed by atoms with Gasteiger partial charge < -0.3 is 15.2 Å². The van der Waals surface area contributed by atoms with E-state index in [0.29, 0.717) is 11.3 Å². The van der Waals surface area contributed by atoms with Crippen molar-refractivity contribution in [1.82, 2.24) is 10.3 Å². The number of carboxylic acids is 1. The van der Waals surface area contributed by atoms with Crippen LogP contribution in [0.3, 0.4) is 0 Å². The number of nitrogens with one attached hydrogen (secondary N) is 1. The average Bonchev–Trinajstić information content (AvgIpc) is 2.68. The molecule has 0 aliphatic carbocycles. The van der Waals surface area contributed by atoms with Crippen molar-refractivity contribution in [3.63, 3.8) is 0 Å². The van der Waals surface area contributed by atoms with Crippen molar-refractivity contribution in [2.24, 2.45) is 0 Å². The lowest BCUT2D eigenvalue weighted by atomic mass is 10.1. The molecule has 0 fully saturated rings. The molecule has 28 heavy (non-hydrogen) atoms. The third kappa shape index (κ3) is 4.70. The molecule has 0 atom stereocenters. The summed E-state index contributed by atoms with van der Waals surface area (Å²) in [6.07, 6.45) is 0.979. The van der Waals surface area contributed by atoms with Crippen molar-refractivity contribution in [2.45, 2.75) is 13.5 Å². The van der Waals surface area contributed by atoms with Crippen molar-refractivity contribution in [3.05, 3.63) is 88.9 Å². The first-order chi connectivity index (χ1) is 13.4. The molecule has 0 aliphatic rings. The van der Waals surface area contributed by atoms with E-state index in [9.17, 15) is 14.0 Å². The number of ether oxygens (including phenoxy) is 1. The van der Waals surface area contributed by atoms with Gasteiger partial charge in [0.2, 0.25) is 5.88 Å². The zero-order chi connectivity index (χ0) is 20.1. The second-order valence-electron chi connectivity index (χ2n) is 6.11. The monoisotopic (exact) mass is 380 g/mol. The van der Waals surface area contributed by atoms with Crippen LogP contribution in [0.4, 0.5) is 4.39 Å². The molecule has 142 valence electrons. The molecule has 3 aromatic rings. The molecule has 0 aliphatic heterocycles. The number of carboxylic acid groups (broad SMARTS) is 1. The van der Waals surface area contributed by atoms with Gasteiger partial charge in [-0.25, -0.2) is 14.2 Å². The molecule has 0 saturated carbocycles. The van der Waals surface area contributed by atoms with Gasteiger partial charge in [-0.3, -0.25) is 4.79 Å². The summed E-state index contributed by atoms with van der Waals surface area (Å²) in [5.74, 6) is -1.77. The van der Waals surface area contributed by atoms with Gasteiger partial charge in [0.15, 0.2) is 0 Å². The van der Waals surface area contributed by atoms with Crippen molar-refractivity contribution in [3.8, 4) is 11.6 Å². The molecule has 1 heterocycles. The van der Waals surface area contributed by atoms with Gasteiger partial charge in [0.05, 0.1) is 11.8 Å². The molecule has 0 radical (unpaired) electrons. The molecule has 0 saturated heterocycles. The van der Waals surface area contributed by atoms with Crippen LogP contribution < -0.4 is 10.1 Å². The Morgan fingerprint density at radius 3 is 2.57 bits per heavy atom. The SMILES string of the molecule is Cc1cccc(Oc2ncc(F)cc2C(=O)NCc2ccc(C(=O)O)cc2)c1. The zero-order valence-electron chi connectivity index (χ0n) is 15.0. The van der Waals surface area contributed by atoms with Gasteiger partial charge >= 0.3 is 5.97 Å². The lowest BCUT2D eigenvalue weighted by Gasteiger charge is -2.11. The second kappa shape index (κ2) is 8.30. The number of aromatic carboxylic acids is 1. The molecule has 3 rings (SSSR count). The minimum atomic E-state index is -1.03. The zero-order valence-corrected chi connectivity index (χ0v) is 15.0. The standard InChI is InChI=1S/C21H17FN2O4/c1-13-3-2-4-17(9-13)28-20-18(10-16(22)12-24-20)19(25)23-11-14-5-7-15(8-6-14)21(26)27/h2-10,12H,11H2,1H3,(H,23,25)(H,26,27). The van der Waals surface area contributed by atoms with E-state index in [1.165, 1.54) is 12.1 Å². The van der Waals surface area contributed by atoms with Crippen LogP contribution in [0.2, 0.25) is 0 Å². The van der Waals surface area contributed by atoms with Gasteiger partial charge in [-0.05, 0) is 48.4 Å². The van der Waals surface area contributed by atoms with E-state index in [1.54, 1.807) is 30.3 Å². The topological polar surface area (TPSA) is 88.5 Å². The normalized spacial score (nSPS) is 10.4. The molecule has 0 spiro atoms. The molecular weight excluding hydrogens is 363 g/mol. The highest BCUT2D eigenvalue weighted by Crippen LogP contribution is 2.24. The van der Waals surface area contributed by atoms with E-state index in [1.807, 2.05) is 13.0 Å². The first-order valence-corrected chi connectivity index (χ1v) is 8.43. The van der Waals surface area contributed by atoms with E-state index >= 15 is 0 Å². The molecule has 2 aromatic carbocycles. The van der Waals surface area contributed by atoms with E-state index in [2.05, 4.69) is 10.3 Å². The van der Waals surface area contributed by atoms with Crippen LogP contribution in [0.25, 0.3) is 0 Å². The Bertz CT molecular complexity index is 1020. The fourth-order valence-electron chi connectivity index (χ4n) is 2.50. The number of aromatic nitrogens is 1. The lowest BCUT2D eigenvalue weighted by molar-refractivity contribution is 0.0696. The van der Waals surface area contributed by atoms with E-state index in [-0.39, 0.29) is 23.6 Å². The maximum Gasteiger partial charge on any atom is 0.335 e. The van der Waals surface area contributed by atoms with Gasteiger partial charge in [-0.1, -0.05) is 24.3 Å². The predicted octanol–water partition coefficient (Wildman–Crippen LogP) is 3.95. The molecule has 0 unspecified atom stereocenters. The number of nitrogens with zero attached hydrogens (tertiary/aromatic N) is 1. The molecule has 2 N–H and O–H groups in total. The fourth-order valence-corrected chi connectivity index (χ4v) is 2.50. The number of rotatable bonds is 6. The minimum absolute atomic E-state index is 0.00859. The maximum atomic E-state index is 13.6. The molecule has 0 bridgehead atoms. The summed E-state index contributed by atoms with van der Waals surface area (Å²) in [4.78, 5) is 27.3. The highest BCUT2D eigenvalue weighted by Gasteiger charge is 2.16. The second-order valence-corrected chi connectivity index (χ2v) is 6.11. The molecule has 6 nitrogen and oxygen atoms in total. The third-order valence-electron chi connectivity index (χ3n) is 3.92. The summed E-state index contributed by atoms with van der Waals surface area (Å²) in [6, 6.07) is 14.3. The summed E-state index contributed by atoms with van der Waals surface area (Å²) in [6.45, 7) is 2.04. The van der Waals surface area contributed by atoms with Crippen molar-refractivity contribution >= 4 is 11.9 Å². The Balaban J connectivity index is 1.75. The Hall–Kier alpha value is -3.74. The average molecular weight is 380 g/mol. The summed E-state index contributed by atoms with van der Waals surface area (Å²) in [5, 5.41) is 11.6. The molecular formula is C21H17FN2O4. The van der Waals surface area contributed by atoms with Gasteiger partial charge in [-0.2, -0.15) is 0 Å². The van der Waals surface area contributed by atoms with Gasteiger partial charge in [0, 0.05) is 6.54 Å². The number of aryl methyl sites for hydroxylation is 1. The number of benzene rings is 2. The van der Waals surface area contributed by atoms with Crippen LogP contribution in [0.5, 0.6) is 11.6 Å². The largest absolute Gasteiger partial charge is 0.478 e. The lowest BCUT2D eigenvalue weighted by Crippen LogP contribution is -2.23. The summed E-state index contributed by atoms with van der Waals surface area (Å²) in [5.41, 5.74) is 1.78. The number of amides is 1. The number of hydrogen-bond donors (Lipinski definition) is 2. The first kappa shape index (κ1) is 19.0. The van der Waals surface area contributed by atoms with Crippen molar-refractivity contribution < 1.29 is 23.8 Å². The first-order valence-electron chi connectivity index (χ1n) is 8.43. The van der Waals surface area contributed by atoms with Crippen molar-refractivity contribution in [1.29, 1.82) is 0 Å². The van der Waals surface area contributed by atoms with Gasteiger partial charge in [0.1, 0.15) is 17.1 Å². The highest BCUT2D eigenvalue weighted by atomic mass is 19.1. The number of carbonyl (C=O) groups excluding carboxylic acids is 1. The number of pyridine rings is 1. The van der Waals surface area contributed by atoms with Gasteiger partial charge in [-0.15, -0.1) is 0 Å². The summed E-state index contributed by atoms with van der Waals surface area (Å²) < 4.78 is 19.3.